The van der Waals surface area contributed by atoms with Crippen molar-refractivity contribution in [2.45, 2.75) is 20.8 Å². The fourth-order valence-electron chi connectivity index (χ4n) is 2.65. The van der Waals surface area contributed by atoms with Crippen LogP contribution in [0.25, 0.3) is 0 Å². The first-order chi connectivity index (χ1) is 13.4. The maximum absolute atomic E-state index is 12.8. The van der Waals surface area contributed by atoms with Crippen LogP contribution in [0.3, 0.4) is 0 Å². The molecule has 0 aliphatic heterocycles. The molecular formula is C21H21ClN4O2. The molecule has 6 nitrogen and oxygen atoms in total. The van der Waals surface area contributed by atoms with Gasteiger partial charge in [0.1, 0.15) is 23.1 Å². The Hall–Kier alpha value is -3.12. The van der Waals surface area contributed by atoms with Gasteiger partial charge in [-0.1, -0.05) is 29.3 Å². The van der Waals surface area contributed by atoms with Crippen molar-refractivity contribution in [2.24, 2.45) is 0 Å². The Labute approximate surface area is 168 Å². The van der Waals surface area contributed by atoms with Crippen LogP contribution in [0.4, 0.5) is 17.2 Å². The minimum atomic E-state index is -0.363. The highest BCUT2D eigenvalue weighted by atomic mass is 35.5. The van der Waals surface area contributed by atoms with Crippen LogP contribution in [-0.4, -0.2) is 23.0 Å². The highest BCUT2D eigenvalue weighted by Gasteiger charge is 2.15. The second kappa shape index (κ2) is 8.27. The summed E-state index contributed by atoms with van der Waals surface area (Å²) in [6.07, 6.45) is 0. The van der Waals surface area contributed by atoms with E-state index in [9.17, 15) is 4.79 Å². The number of ether oxygens (including phenoxy) is 1. The third-order valence-corrected chi connectivity index (χ3v) is 4.53. The molecule has 0 aliphatic rings. The highest BCUT2D eigenvalue weighted by molar-refractivity contribution is 6.31. The molecule has 28 heavy (non-hydrogen) atoms. The number of methoxy groups -OCH3 is 1. The van der Waals surface area contributed by atoms with Gasteiger partial charge in [-0.3, -0.25) is 4.79 Å². The molecule has 7 heteroatoms. The molecule has 0 radical (unpaired) electrons. The van der Waals surface area contributed by atoms with Gasteiger partial charge in [-0.25, -0.2) is 9.97 Å². The second-order valence-corrected chi connectivity index (χ2v) is 6.84. The maximum Gasteiger partial charge on any atom is 0.274 e. The van der Waals surface area contributed by atoms with Gasteiger partial charge in [-0.05, 0) is 44.5 Å². The van der Waals surface area contributed by atoms with Gasteiger partial charge in [0.05, 0.1) is 12.8 Å². The van der Waals surface area contributed by atoms with Gasteiger partial charge in [0.25, 0.3) is 5.91 Å². The lowest BCUT2D eigenvalue weighted by Crippen LogP contribution is -2.16. The number of halogens is 1. The number of nitrogens with zero attached hydrogens (tertiary/aromatic N) is 2. The van der Waals surface area contributed by atoms with Gasteiger partial charge in [-0.15, -0.1) is 0 Å². The van der Waals surface area contributed by atoms with E-state index in [2.05, 4.69) is 20.6 Å². The lowest BCUT2D eigenvalue weighted by molar-refractivity contribution is 0.102. The molecule has 0 saturated carbocycles. The van der Waals surface area contributed by atoms with Gasteiger partial charge in [-0.2, -0.15) is 0 Å². The number of amides is 1. The van der Waals surface area contributed by atoms with E-state index in [-0.39, 0.29) is 11.6 Å². The van der Waals surface area contributed by atoms with Gasteiger partial charge in [0.15, 0.2) is 0 Å². The maximum atomic E-state index is 12.8. The second-order valence-electron chi connectivity index (χ2n) is 6.43. The molecule has 0 bridgehead atoms. The SMILES string of the molecule is COc1cc(Cl)c(C)cc1NC(=O)c1cc(Nc2ccc(C)cc2)nc(C)n1. The molecular weight excluding hydrogens is 376 g/mol. The molecule has 1 aromatic heterocycles. The molecule has 3 rings (SSSR count). The predicted molar refractivity (Wildman–Crippen MR) is 112 cm³/mol. The summed E-state index contributed by atoms with van der Waals surface area (Å²) in [7, 11) is 1.52. The van der Waals surface area contributed by atoms with E-state index in [1.807, 2.05) is 38.1 Å². The summed E-state index contributed by atoms with van der Waals surface area (Å²) in [4.78, 5) is 21.4. The van der Waals surface area contributed by atoms with E-state index in [1.54, 1.807) is 25.1 Å². The van der Waals surface area contributed by atoms with Crippen molar-refractivity contribution < 1.29 is 9.53 Å². The molecule has 1 amide bonds. The van der Waals surface area contributed by atoms with Crippen LogP contribution in [0.15, 0.2) is 42.5 Å². The molecule has 2 N–H and O–H groups in total. The van der Waals surface area contributed by atoms with Crippen LogP contribution in [0.2, 0.25) is 5.02 Å². The topological polar surface area (TPSA) is 76.1 Å². The minimum absolute atomic E-state index is 0.247. The average Bonchev–Trinajstić information content (AvgIpc) is 2.66. The number of aromatic nitrogens is 2. The van der Waals surface area contributed by atoms with E-state index >= 15 is 0 Å². The summed E-state index contributed by atoms with van der Waals surface area (Å²) in [6, 6.07) is 12.9. The normalized spacial score (nSPS) is 10.5. The number of aryl methyl sites for hydroxylation is 3. The number of hydrogen-bond donors (Lipinski definition) is 2. The third kappa shape index (κ3) is 4.58. The standard InChI is InChI=1S/C21H21ClN4O2/c1-12-5-7-15(8-6-12)25-20-11-18(23-14(3)24-20)21(27)26-17-9-13(2)16(22)10-19(17)28-4/h5-11H,1-4H3,(H,26,27)(H,23,24,25). The Balaban J connectivity index is 1.85. The van der Waals surface area contributed by atoms with Crippen LogP contribution in [-0.2, 0) is 0 Å². The summed E-state index contributed by atoms with van der Waals surface area (Å²) in [5.41, 5.74) is 3.65. The zero-order valence-corrected chi connectivity index (χ0v) is 16.9. The van der Waals surface area contributed by atoms with E-state index in [1.165, 1.54) is 7.11 Å². The summed E-state index contributed by atoms with van der Waals surface area (Å²) in [5.74, 6) is 1.15. The van der Waals surface area contributed by atoms with Crippen LogP contribution in [0.1, 0.15) is 27.4 Å². The van der Waals surface area contributed by atoms with Crippen molar-refractivity contribution >= 4 is 34.7 Å². The Kier molecular flexibility index (Phi) is 5.80. The Morgan fingerprint density at radius 1 is 1.04 bits per heavy atom. The monoisotopic (exact) mass is 396 g/mol. The lowest BCUT2D eigenvalue weighted by atomic mass is 10.2. The van der Waals surface area contributed by atoms with Gasteiger partial charge >= 0.3 is 0 Å². The van der Waals surface area contributed by atoms with Crippen LogP contribution in [0, 0.1) is 20.8 Å². The zero-order chi connectivity index (χ0) is 20.3. The molecule has 0 fully saturated rings. The van der Waals surface area contributed by atoms with Crippen LogP contribution >= 0.6 is 11.6 Å². The van der Waals surface area contributed by atoms with E-state index in [0.29, 0.717) is 28.1 Å². The minimum Gasteiger partial charge on any atom is -0.495 e. The van der Waals surface area contributed by atoms with Gasteiger partial charge in [0, 0.05) is 22.8 Å². The molecule has 3 aromatic rings. The van der Waals surface area contributed by atoms with Crippen molar-refractivity contribution in [3.05, 3.63) is 70.1 Å². The van der Waals surface area contributed by atoms with E-state index < -0.39 is 0 Å². The van der Waals surface area contributed by atoms with E-state index in [4.69, 9.17) is 16.3 Å². The molecule has 0 unspecified atom stereocenters. The number of nitrogens with one attached hydrogen (secondary N) is 2. The Morgan fingerprint density at radius 3 is 2.43 bits per heavy atom. The molecule has 1 heterocycles. The molecule has 0 atom stereocenters. The van der Waals surface area contributed by atoms with Crippen LogP contribution < -0.4 is 15.4 Å². The number of anilines is 3. The Bertz CT molecular complexity index is 1020. The van der Waals surface area contributed by atoms with Gasteiger partial charge in [0.2, 0.25) is 0 Å². The molecule has 2 aromatic carbocycles. The number of carbonyl (C=O) groups excluding carboxylic acids is 1. The Morgan fingerprint density at radius 2 is 1.75 bits per heavy atom. The smallest absolute Gasteiger partial charge is 0.274 e. The number of carbonyl (C=O) groups is 1. The number of hydrogen-bond acceptors (Lipinski definition) is 5. The zero-order valence-electron chi connectivity index (χ0n) is 16.1. The van der Waals surface area contributed by atoms with Crippen molar-refractivity contribution in [3.63, 3.8) is 0 Å². The van der Waals surface area contributed by atoms with Gasteiger partial charge < -0.3 is 15.4 Å². The predicted octanol–water partition coefficient (Wildman–Crippen LogP) is 5.06. The molecule has 144 valence electrons. The van der Waals surface area contributed by atoms with Crippen molar-refractivity contribution in [1.29, 1.82) is 0 Å². The summed E-state index contributed by atoms with van der Waals surface area (Å²) < 4.78 is 5.31. The summed E-state index contributed by atoms with van der Waals surface area (Å²) in [6.45, 7) is 5.62. The van der Waals surface area contributed by atoms with Crippen molar-refractivity contribution in [1.82, 2.24) is 9.97 Å². The third-order valence-electron chi connectivity index (χ3n) is 4.12. The first-order valence-corrected chi connectivity index (χ1v) is 9.08. The molecule has 0 aliphatic carbocycles. The largest absolute Gasteiger partial charge is 0.495 e. The highest BCUT2D eigenvalue weighted by Crippen LogP contribution is 2.31. The quantitative estimate of drug-likeness (QED) is 0.630. The number of benzene rings is 2. The number of rotatable bonds is 5. The first-order valence-electron chi connectivity index (χ1n) is 8.70. The van der Waals surface area contributed by atoms with Crippen LogP contribution in [0.5, 0.6) is 5.75 Å². The average molecular weight is 397 g/mol. The fourth-order valence-corrected chi connectivity index (χ4v) is 2.80. The molecule has 0 spiro atoms. The summed E-state index contributed by atoms with van der Waals surface area (Å²) in [5, 5.41) is 6.59. The summed E-state index contributed by atoms with van der Waals surface area (Å²) >= 11 is 6.12. The first kappa shape index (κ1) is 19.6. The lowest BCUT2D eigenvalue weighted by Gasteiger charge is -2.13. The van der Waals surface area contributed by atoms with E-state index in [0.717, 1.165) is 16.8 Å². The molecule has 0 saturated heterocycles. The van der Waals surface area contributed by atoms with Crippen molar-refractivity contribution in [2.75, 3.05) is 17.7 Å². The van der Waals surface area contributed by atoms with Crippen molar-refractivity contribution in [3.8, 4) is 5.75 Å². The fraction of sp³-hybridized carbons (Fsp3) is 0.190.